The highest BCUT2D eigenvalue weighted by Gasteiger charge is 2.47. The van der Waals surface area contributed by atoms with Gasteiger partial charge in [0.1, 0.15) is 28.7 Å². The molecule has 3 N–H and O–H groups in total. The van der Waals surface area contributed by atoms with Crippen LogP contribution >= 0.6 is 0 Å². The second-order valence-corrected chi connectivity index (χ2v) is 15.0. The molecule has 0 heterocycles. The summed E-state index contributed by atoms with van der Waals surface area (Å²) in [6.07, 6.45) is 0. The molecule has 0 fully saturated rings. The third-order valence-electron chi connectivity index (χ3n) is 12.0. The Morgan fingerprint density at radius 1 is 0.375 bits per heavy atom. The number of aryl methyl sites for hydroxylation is 2. The van der Waals surface area contributed by atoms with Crippen molar-refractivity contribution in [1.29, 1.82) is 0 Å². The molecule has 8 aromatic carbocycles. The van der Waals surface area contributed by atoms with Gasteiger partial charge < -0.3 is 20.1 Å². The Kier molecular flexibility index (Phi) is 7.49. The lowest BCUT2D eigenvalue weighted by Gasteiger charge is -2.34. The van der Waals surface area contributed by atoms with E-state index in [0.717, 1.165) is 67.1 Å². The number of hydrogen-bond acceptors (Lipinski definition) is 4. The summed E-state index contributed by atoms with van der Waals surface area (Å²) >= 11 is 0. The summed E-state index contributed by atoms with van der Waals surface area (Å²) in [4.78, 5) is 0. The fraction of sp³-hybridized carbons (Fsp3) is 0.0769. The minimum atomic E-state index is -0.682. The number of rotatable bonds is 6. The van der Waals surface area contributed by atoms with Gasteiger partial charge in [-0.05, 0) is 140 Å². The number of ether oxygens (including phenoxy) is 1. The summed E-state index contributed by atoms with van der Waals surface area (Å²) in [5.74, 6) is 2.18. The number of phenolic OH excluding ortho intramolecular Hbond substituents is 3. The van der Waals surface area contributed by atoms with Gasteiger partial charge >= 0.3 is 0 Å². The highest BCUT2D eigenvalue weighted by molar-refractivity contribution is 5.88. The lowest BCUT2D eigenvalue weighted by Crippen LogP contribution is -2.28. The predicted molar refractivity (Wildman–Crippen MR) is 222 cm³/mol. The molecule has 0 unspecified atom stereocenters. The zero-order valence-electron chi connectivity index (χ0n) is 31.0. The van der Waals surface area contributed by atoms with Crippen molar-refractivity contribution in [2.45, 2.75) is 24.7 Å². The van der Waals surface area contributed by atoms with Crippen molar-refractivity contribution in [2.75, 3.05) is 0 Å². The normalized spacial score (nSPS) is 14.0. The number of aromatic hydroxyl groups is 3. The maximum absolute atomic E-state index is 10.6. The van der Waals surface area contributed by atoms with E-state index in [1.54, 1.807) is 24.3 Å². The molecular formula is C52H38O4. The predicted octanol–water partition coefficient (Wildman–Crippen LogP) is 11.9. The first kappa shape index (κ1) is 33.5. The molecule has 10 rings (SSSR count). The Bertz CT molecular complexity index is 2740. The maximum Gasteiger partial charge on any atom is 0.130 e. The zero-order chi connectivity index (χ0) is 38.2. The number of fused-ring (bicyclic) bond motifs is 6. The first-order valence-electron chi connectivity index (χ1n) is 18.9. The molecule has 4 nitrogen and oxygen atoms in total. The smallest absolute Gasteiger partial charge is 0.130 e. The molecule has 2 aliphatic rings. The van der Waals surface area contributed by atoms with Crippen molar-refractivity contribution >= 4 is 0 Å². The van der Waals surface area contributed by atoms with Gasteiger partial charge in [-0.1, -0.05) is 127 Å². The molecule has 0 atom stereocenters. The van der Waals surface area contributed by atoms with E-state index < -0.39 is 10.8 Å². The quantitative estimate of drug-likeness (QED) is 0.160. The second-order valence-electron chi connectivity index (χ2n) is 15.0. The summed E-state index contributed by atoms with van der Waals surface area (Å²) < 4.78 is 6.79. The number of phenols is 3. The molecular weight excluding hydrogens is 689 g/mol. The van der Waals surface area contributed by atoms with E-state index in [9.17, 15) is 15.3 Å². The summed E-state index contributed by atoms with van der Waals surface area (Å²) in [5.41, 5.74) is 14.0. The van der Waals surface area contributed by atoms with Crippen LogP contribution in [0.5, 0.6) is 28.7 Å². The number of benzene rings is 8. The van der Waals surface area contributed by atoms with E-state index in [2.05, 4.69) is 122 Å². The molecule has 0 saturated carbocycles. The van der Waals surface area contributed by atoms with Crippen molar-refractivity contribution in [2.24, 2.45) is 0 Å². The average Bonchev–Trinajstić information content (AvgIpc) is 3.69. The van der Waals surface area contributed by atoms with Crippen LogP contribution in [0.15, 0.2) is 176 Å². The lowest BCUT2D eigenvalue weighted by molar-refractivity contribution is 0.470. The Morgan fingerprint density at radius 2 is 0.804 bits per heavy atom. The molecule has 0 spiro atoms. The van der Waals surface area contributed by atoms with E-state index in [4.69, 9.17) is 4.74 Å². The highest BCUT2D eigenvalue weighted by atomic mass is 16.5. The van der Waals surface area contributed by atoms with Gasteiger partial charge in [0.25, 0.3) is 0 Å². The molecule has 4 heteroatoms. The molecule has 0 aromatic heterocycles. The third-order valence-corrected chi connectivity index (χ3v) is 12.0. The standard InChI is InChI=1S/C52H38O4/c1-32-29-36(19-27-49(32)55)52(45-12-6-3-9-41(45)42-10-4-7-13-46(42)52)37-20-28-50(33(2)30-37)56-40-25-26-48-44(31-40)43-11-5-8-14-47(43)51(48,34-15-21-38(53)22-16-34)35-17-23-39(54)24-18-35/h3-31,53-55H,1-2H3. The maximum atomic E-state index is 10.6. The van der Waals surface area contributed by atoms with Crippen molar-refractivity contribution in [1.82, 2.24) is 0 Å². The minimum absolute atomic E-state index is 0.205. The van der Waals surface area contributed by atoms with Crippen LogP contribution in [0.2, 0.25) is 0 Å². The van der Waals surface area contributed by atoms with E-state index in [0.29, 0.717) is 0 Å². The van der Waals surface area contributed by atoms with Gasteiger partial charge in [0.2, 0.25) is 0 Å². The summed E-state index contributed by atoms with van der Waals surface area (Å²) in [6.45, 7) is 4.06. The fourth-order valence-corrected chi connectivity index (χ4v) is 9.57. The monoisotopic (exact) mass is 726 g/mol. The van der Waals surface area contributed by atoms with Crippen LogP contribution in [-0.4, -0.2) is 15.3 Å². The van der Waals surface area contributed by atoms with E-state index in [-0.39, 0.29) is 17.2 Å². The molecule has 270 valence electrons. The van der Waals surface area contributed by atoms with Crippen LogP contribution in [0.3, 0.4) is 0 Å². The third kappa shape index (κ3) is 4.72. The molecule has 56 heavy (non-hydrogen) atoms. The van der Waals surface area contributed by atoms with Crippen molar-refractivity contribution in [3.05, 3.63) is 232 Å². The van der Waals surface area contributed by atoms with Crippen LogP contribution in [0, 0.1) is 13.8 Å². The Morgan fingerprint density at radius 3 is 1.32 bits per heavy atom. The van der Waals surface area contributed by atoms with E-state index in [1.807, 2.05) is 43.3 Å². The molecule has 0 aliphatic heterocycles. The Balaban J connectivity index is 1.10. The average molecular weight is 727 g/mol. The lowest BCUT2D eigenvalue weighted by atomic mass is 9.67. The van der Waals surface area contributed by atoms with Crippen molar-refractivity contribution in [3.8, 4) is 51.0 Å². The molecule has 2 aliphatic carbocycles. The second kappa shape index (κ2) is 12.5. The van der Waals surface area contributed by atoms with Gasteiger partial charge in [-0.2, -0.15) is 0 Å². The fourth-order valence-electron chi connectivity index (χ4n) is 9.57. The molecule has 0 saturated heterocycles. The van der Waals surface area contributed by atoms with Crippen LogP contribution in [-0.2, 0) is 10.8 Å². The molecule has 0 amide bonds. The first-order valence-corrected chi connectivity index (χ1v) is 18.9. The largest absolute Gasteiger partial charge is 0.508 e. The Labute approximate surface area is 326 Å². The van der Waals surface area contributed by atoms with Gasteiger partial charge in [0.05, 0.1) is 10.8 Å². The Hall–Kier alpha value is -7.04. The summed E-state index contributed by atoms with van der Waals surface area (Å²) in [5, 5.41) is 31.2. The van der Waals surface area contributed by atoms with Gasteiger partial charge in [0.15, 0.2) is 0 Å². The van der Waals surface area contributed by atoms with E-state index in [1.165, 1.54) is 22.3 Å². The van der Waals surface area contributed by atoms with Gasteiger partial charge in [-0.3, -0.25) is 0 Å². The van der Waals surface area contributed by atoms with Crippen LogP contribution in [0.25, 0.3) is 22.3 Å². The van der Waals surface area contributed by atoms with Crippen LogP contribution in [0.4, 0.5) is 0 Å². The summed E-state index contributed by atoms with van der Waals surface area (Å²) in [6, 6.07) is 59.5. The van der Waals surface area contributed by atoms with E-state index >= 15 is 0 Å². The highest BCUT2D eigenvalue weighted by Crippen LogP contribution is 2.58. The van der Waals surface area contributed by atoms with Crippen LogP contribution in [0.1, 0.15) is 55.6 Å². The first-order chi connectivity index (χ1) is 27.3. The van der Waals surface area contributed by atoms with Gasteiger partial charge in [0, 0.05) is 0 Å². The minimum Gasteiger partial charge on any atom is -0.508 e. The van der Waals surface area contributed by atoms with Gasteiger partial charge in [-0.15, -0.1) is 0 Å². The zero-order valence-corrected chi connectivity index (χ0v) is 31.0. The topological polar surface area (TPSA) is 69.9 Å². The SMILES string of the molecule is Cc1cc(C2(c3ccc(Oc4ccc5c(c4)-c4ccccc4C5(c4ccc(O)cc4)c4ccc(O)cc4)c(C)c3)c3ccccc3-c3ccccc32)ccc1O. The molecule has 8 aromatic rings. The van der Waals surface area contributed by atoms with Crippen molar-refractivity contribution < 1.29 is 20.1 Å². The number of hydrogen-bond donors (Lipinski definition) is 3. The van der Waals surface area contributed by atoms with Gasteiger partial charge in [-0.25, -0.2) is 0 Å². The van der Waals surface area contributed by atoms with Crippen molar-refractivity contribution in [3.63, 3.8) is 0 Å². The molecule has 0 radical (unpaired) electrons. The molecule has 0 bridgehead atoms. The van der Waals surface area contributed by atoms with Crippen LogP contribution < -0.4 is 4.74 Å². The summed E-state index contributed by atoms with van der Waals surface area (Å²) in [7, 11) is 0.